The maximum absolute atomic E-state index is 13.9. The fraction of sp³-hybridized carbons (Fsp3) is 0.350. The highest BCUT2D eigenvalue weighted by Crippen LogP contribution is 2.40. The second-order valence-corrected chi connectivity index (χ2v) is 9.28. The monoisotopic (exact) mass is 416 g/mol. The molecule has 0 radical (unpaired) electrons. The molecule has 1 unspecified atom stereocenters. The second-order valence-electron chi connectivity index (χ2n) is 7.03. The first-order valence-electron chi connectivity index (χ1n) is 9.20. The van der Waals surface area contributed by atoms with Gasteiger partial charge in [0.2, 0.25) is 5.16 Å². The zero-order valence-electron chi connectivity index (χ0n) is 15.8. The lowest BCUT2D eigenvalue weighted by Gasteiger charge is -2.29. The Morgan fingerprint density at radius 1 is 1.21 bits per heavy atom. The van der Waals surface area contributed by atoms with Gasteiger partial charge < -0.3 is 4.90 Å². The maximum Gasteiger partial charge on any atom is 0.218 e. The van der Waals surface area contributed by atoms with Gasteiger partial charge in [0.05, 0.1) is 27.1 Å². The number of piperidine rings is 1. The van der Waals surface area contributed by atoms with Crippen molar-refractivity contribution in [3.05, 3.63) is 42.3 Å². The number of aromatic nitrogens is 3. The molecule has 0 spiro atoms. The molecule has 3 heterocycles. The van der Waals surface area contributed by atoms with Gasteiger partial charge in [-0.05, 0) is 37.0 Å². The first-order chi connectivity index (χ1) is 13.5. The summed E-state index contributed by atoms with van der Waals surface area (Å²) in [6.07, 6.45) is 5.43. The number of hydrogen-bond acceptors (Lipinski definition) is 6. The van der Waals surface area contributed by atoms with E-state index in [2.05, 4.69) is 21.8 Å². The van der Waals surface area contributed by atoms with Crippen LogP contribution in [0.3, 0.4) is 0 Å². The number of nitrogens with zero attached hydrogens (tertiary/aromatic N) is 4. The van der Waals surface area contributed by atoms with Crippen LogP contribution in [-0.2, 0) is 10.8 Å². The quantitative estimate of drug-likeness (QED) is 0.591. The number of thiazole rings is 1. The summed E-state index contributed by atoms with van der Waals surface area (Å²) in [5.74, 6) is 0.421. The highest BCUT2D eigenvalue weighted by Gasteiger charge is 2.23. The molecule has 28 heavy (non-hydrogen) atoms. The normalized spacial score (nSPS) is 16.3. The van der Waals surface area contributed by atoms with Crippen LogP contribution in [0.4, 0.5) is 9.52 Å². The third-order valence-corrected chi connectivity index (χ3v) is 6.74. The van der Waals surface area contributed by atoms with Crippen molar-refractivity contribution in [1.82, 2.24) is 15.0 Å². The summed E-state index contributed by atoms with van der Waals surface area (Å²) < 4.78 is 25.7. The third kappa shape index (κ3) is 3.98. The van der Waals surface area contributed by atoms with Crippen molar-refractivity contribution in [2.45, 2.75) is 24.9 Å². The standard InChI is InChI=1S/C20H21FN4OS2/c1-13-7-10-25(11-8-13)20-24-17(14-4-3-5-15(21)12-14)18(27-20)16-6-9-22-19(23-16)28(2)26/h3-6,9,12-13H,7-8,10-11H2,1-2H3. The van der Waals surface area contributed by atoms with Gasteiger partial charge in [-0.1, -0.05) is 30.4 Å². The molecule has 1 saturated heterocycles. The summed E-state index contributed by atoms with van der Waals surface area (Å²) in [5, 5.41) is 1.20. The van der Waals surface area contributed by atoms with Gasteiger partial charge in [-0.2, -0.15) is 0 Å². The van der Waals surface area contributed by atoms with Crippen LogP contribution < -0.4 is 4.90 Å². The summed E-state index contributed by atoms with van der Waals surface area (Å²) in [6.45, 7) is 4.20. The molecule has 1 fully saturated rings. The largest absolute Gasteiger partial charge is 0.348 e. The van der Waals surface area contributed by atoms with Crippen molar-refractivity contribution in [2.75, 3.05) is 24.2 Å². The lowest BCUT2D eigenvalue weighted by Crippen LogP contribution is -2.32. The predicted octanol–water partition coefficient (Wildman–Crippen LogP) is 4.38. The number of rotatable bonds is 4. The lowest BCUT2D eigenvalue weighted by atomic mass is 10.00. The van der Waals surface area contributed by atoms with Crippen molar-refractivity contribution in [1.29, 1.82) is 0 Å². The molecule has 1 aromatic carbocycles. The molecule has 2 aromatic heterocycles. The minimum atomic E-state index is -1.28. The van der Waals surface area contributed by atoms with Crippen LogP contribution in [0, 0.1) is 11.7 Å². The summed E-state index contributed by atoms with van der Waals surface area (Å²) in [6, 6.07) is 8.23. The molecule has 0 N–H and O–H groups in total. The molecule has 146 valence electrons. The van der Waals surface area contributed by atoms with E-state index in [1.165, 1.54) is 12.1 Å². The number of hydrogen-bond donors (Lipinski definition) is 0. The van der Waals surface area contributed by atoms with Crippen molar-refractivity contribution in [2.24, 2.45) is 5.92 Å². The molecule has 5 nitrogen and oxygen atoms in total. The van der Waals surface area contributed by atoms with E-state index in [9.17, 15) is 8.60 Å². The summed E-state index contributed by atoms with van der Waals surface area (Å²) in [5.41, 5.74) is 2.07. The summed E-state index contributed by atoms with van der Waals surface area (Å²) in [7, 11) is -1.28. The Balaban J connectivity index is 1.81. The molecule has 3 aromatic rings. The lowest BCUT2D eigenvalue weighted by molar-refractivity contribution is 0.438. The first kappa shape index (κ1) is 19.1. The van der Waals surface area contributed by atoms with Crippen molar-refractivity contribution in [3.8, 4) is 21.8 Å². The van der Waals surface area contributed by atoms with Gasteiger partial charge in [0.15, 0.2) is 5.13 Å². The highest BCUT2D eigenvalue weighted by molar-refractivity contribution is 7.84. The Labute approximate surface area is 170 Å². The minimum Gasteiger partial charge on any atom is -0.348 e. The fourth-order valence-corrected chi connectivity index (χ4v) is 4.80. The molecule has 1 aliphatic heterocycles. The molecule has 0 saturated carbocycles. The highest BCUT2D eigenvalue weighted by atomic mass is 32.2. The molecule has 0 aliphatic carbocycles. The average Bonchev–Trinajstić information content (AvgIpc) is 3.14. The van der Waals surface area contributed by atoms with Gasteiger partial charge in [0, 0.05) is 31.1 Å². The molecule has 1 atom stereocenters. The van der Waals surface area contributed by atoms with E-state index >= 15 is 0 Å². The van der Waals surface area contributed by atoms with E-state index < -0.39 is 10.8 Å². The van der Waals surface area contributed by atoms with Gasteiger partial charge >= 0.3 is 0 Å². The fourth-order valence-electron chi connectivity index (χ4n) is 3.25. The molecule has 8 heteroatoms. The van der Waals surface area contributed by atoms with E-state index in [0.717, 1.165) is 41.9 Å². The van der Waals surface area contributed by atoms with Crippen LogP contribution in [0.2, 0.25) is 0 Å². The van der Waals surface area contributed by atoms with Gasteiger partial charge in [-0.3, -0.25) is 4.21 Å². The molecule has 4 rings (SSSR count). The van der Waals surface area contributed by atoms with Gasteiger partial charge in [-0.25, -0.2) is 19.3 Å². The van der Waals surface area contributed by atoms with E-state index in [4.69, 9.17) is 4.98 Å². The van der Waals surface area contributed by atoms with E-state index in [1.807, 2.05) is 6.07 Å². The smallest absolute Gasteiger partial charge is 0.218 e. The Morgan fingerprint density at radius 3 is 2.71 bits per heavy atom. The van der Waals surface area contributed by atoms with Gasteiger partial charge in [-0.15, -0.1) is 0 Å². The predicted molar refractivity (Wildman–Crippen MR) is 111 cm³/mol. The first-order valence-corrected chi connectivity index (χ1v) is 11.6. The maximum atomic E-state index is 13.9. The van der Waals surface area contributed by atoms with E-state index in [1.54, 1.807) is 35.9 Å². The Bertz CT molecular complexity index is 1010. The average molecular weight is 417 g/mol. The van der Waals surface area contributed by atoms with Crippen molar-refractivity contribution in [3.63, 3.8) is 0 Å². The number of halogens is 1. The summed E-state index contributed by atoms with van der Waals surface area (Å²) in [4.78, 5) is 16.5. The van der Waals surface area contributed by atoms with E-state index in [-0.39, 0.29) is 11.0 Å². The number of anilines is 1. The Hall–Kier alpha value is -2.19. The van der Waals surface area contributed by atoms with Crippen molar-refractivity contribution < 1.29 is 8.60 Å². The van der Waals surface area contributed by atoms with Crippen LogP contribution in [0.5, 0.6) is 0 Å². The van der Waals surface area contributed by atoms with Crippen LogP contribution in [0.25, 0.3) is 21.8 Å². The SMILES string of the molecule is CC1CCN(c2nc(-c3cccc(F)c3)c(-c3ccnc(S(C)=O)n3)s2)CC1. The zero-order chi connectivity index (χ0) is 19.7. The molecule has 0 bridgehead atoms. The Kier molecular flexibility index (Phi) is 5.50. The number of benzene rings is 1. The van der Waals surface area contributed by atoms with Gasteiger partial charge in [0.1, 0.15) is 5.82 Å². The van der Waals surface area contributed by atoms with Crippen LogP contribution in [0.1, 0.15) is 19.8 Å². The van der Waals surface area contributed by atoms with Gasteiger partial charge in [0.25, 0.3) is 0 Å². The third-order valence-electron chi connectivity index (χ3n) is 4.89. The second kappa shape index (κ2) is 8.05. The molecule has 0 amide bonds. The minimum absolute atomic E-state index is 0.282. The molecule has 1 aliphatic rings. The molecular formula is C20H21FN4OS2. The Morgan fingerprint density at radius 2 is 2.00 bits per heavy atom. The topological polar surface area (TPSA) is 59.0 Å². The van der Waals surface area contributed by atoms with Crippen LogP contribution in [0.15, 0.2) is 41.7 Å². The summed E-state index contributed by atoms with van der Waals surface area (Å²) >= 11 is 1.54. The van der Waals surface area contributed by atoms with Crippen LogP contribution >= 0.6 is 11.3 Å². The van der Waals surface area contributed by atoms with Crippen molar-refractivity contribution >= 4 is 27.3 Å². The van der Waals surface area contributed by atoms with E-state index in [0.29, 0.717) is 17.0 Å². The molecular weight excluding hydrogens is 395 g/mol. The van der Waals surface area contributed by atoms with Crippen LogP contribution in [-0.4, -0.2) is 38.5 Å². The zero-order valence-corrected chi connectivity index (χ0v) is 17.4.